The minimum atomic E-state index is -4.41. The summed E-state index contributed by atoms with van der Waals surface area (Å²) in [4.78, 5) is 26.0. The van der Waals surface area contributed by atoms with Crippen molar-refractivity contribution in [2.24, 2.45) is 0 Å². The second kappa shape index (κ2) is 8.75. The number of carbonyl (C=O) groups excluding carboxylic acids is 1. The van der Waals surface area contributed by atoms with Gasteiger partial charge in [-0.3, -0.25) is 9.69 Å². The van der Waals surface area contributed by atoms with E-state index in [0.717, 1.165) is 17.7 Å². The van der Waals surface area contributed by atoms with Crippen molar-refractivity contribution >= 4 is 34.7 Å². The Hall–Kier alpha value is -4.40. The van der Waals surface area contributed by atoms with Crippen LogP contribution < -0.4 is 15.1 Å². The van der Waals surface area contributed by atoms with Gasteiger partial charge in [-0.1, -0.05) is 42.5 Å². The number of fused-ring (bicyclic) bond motifs is 2. The number of benzene rings is 3. The number of carbonyl (C=O) groups is 1. The number of nitrogens with zero attached hydrogens (tertiary/aromatic N) is 4. The molecule has 0 unspecified atom stereocenters. The van der Waals surface area contributed by atoms with Crippen LogP contribution in [-0.2, 0) is 12.7 Å². The first-order valence-corrected chi connectivity index (χ1v) is 10.8. The molecule has 176 valence electrons. The van der Waals surface area contributed by atoms with E-state index in [1.54, 1.807) is 17.2 Å². The average molecular weight is 475 g/mol. The van der Waals surface area contributed by atoms with Gasteiger partial charge in [-0.05, 0) is 42.0 Å². The molecule has 35 heavy (non-hydrogen) atoms. The lowest BCUT2D eigenvalue weighted by atomic mass is 10.1. The molecule has 1 aliphatic heterocycles. The number of para-hydroxylation sites is 1. The summed E-state index contributed by atoms with van der Waals surface area (Å²) in [6, 6.07) is 21.5. The third-order valence-electron chi connectivity index (χ3n) is 5.75. The normalized spacial score (nSPS) is 13.2. The summed E-state index contributed by atoms with van der Waals surface area (Å²) in [6.45, 7) is 0.323. The van der Waals surface area contributed by atoms with Gasteiger partial charge < -0.3 is 10.2 Å². The third kappa shape index (κ3) is 4.40. The van der Waals surface area contributed by atoms with E-state index in [9.17, 15) is 18.0 Å². The maximum atomic E-state index is 13.6. The summed E-state index contributed by atoms with van der Waals surface area (Å²) in [6.07, 6.45) is -2.86. The van der Waals surface area contributed by atoms with Crippen LogP contribution in [0.1, 0.15) is 21.5 Å². The molecule has 0 radical (unpaired) electrons. The minimum absolute atomic E-state index is 0.179. The lowest BCUT2D eigenvalue weighted by Gasteiger charge is -2.24. The summed E-state index contributed by atoms with van der Waals surface area (Å²) < 4.78 is 38.6. The molecule has 0 bridgehead atoms. The highest BCUT2D eigenvalue weighted by atomic mass is 19.4. The van der Waals surface area contributed by atoms with Crippen molar-refractivity contribution in [3.05, 3.63) is 102 Å². The third-order valence-corrected chi connectivity index (χ3v) is 5.75. The van der Waals surface area contributed by atoms with Gasteiger partial charge in [-0.15, -0.1) is 0 Å². The predicted octanol–water partition coefficient (Wildman–Crippen LogP) is 6.17. The monoisotopic (exact) mass is 475 g/mol. The van der Waals surface area contributed by atoms with Crippen molar-refractivity contribution in [3.8, 4) is 0 Å². The van der Waals surface area contributed by atoms with Gasteiger partial charge in [0.25, 0.3) is 5.91 Å². The molecule has 1 amide bonds. The summed E-state index contributed by atoms with van der Waals surface area (Å²) in [5.74, 6) is 0.507. The van der Waals surface area contributed by atoms with Crippen LogP contribution in [0.4, 0.5) is 42.0 Å². The van der Waals surface area contributed by atoms with Crippen LogP contribution in [0, 0.1) is 0 Å². The highest BCUT2D eigenvalue weighted by Gasteiger charge is 2.32. The van der Waals surface area contributed by atoms with Crippen molar-refractivity contribution in [1.82, 2.24) is 9.97 Å². The molecule has 0 saturated carbocycles. The van der Waals surface area contributed by atoms with E-state index in [2.05, 4.69) is 15.3 Å². The maximum absolute atomic E-state index is 13.6. The van der Waals surface area contributed by atoms with E-state index < -0.39 is 11.7 Å². The second-order valence-electron chi connectivity index (χ2n) is 8.06. The summed E-state index contributed by atoms with van der Waals surface area (Å²) >= 11 is 0. The Bertz CT molecular complexity index is 1370. The quantitative estimate of drug-likeness (QED) is 0.383. The van der Waals surface area contributed by atoms with Gasteiger partial charge in [0.1, 0.15) is 5.69 Å². The standard InChI is InChI=1S/C26H20F3N5O/c1-33-21-10-6-5-9-20(21)24(35)34(16-17-7-3-2-4-8-17)22-15-30-25(32-23(22)33)31-19-13-11-18(12-14-19)26(27,28)29/h2-15H,16H2,1H3,(H,30,31,32). The Balaban J connectivity index is 1.54. The summed E-state index contributed by atoms with van der Waals surface area (Å²) in [7, 11) is 1.81. The van der Waals surface area contributed by atoms with Crippen molar-refractivity contribution in [2.45, 2.75) is 12.7 Å². The molecule has 2 heterocycles. The molecular formula is C26H20F3N5O. The number of rotatable bonds is 4. The average Bonchev–Trinajstić information content (AvgIpc) is 2.94. The molecule has 4 aromatic rings. The highest BCUT2D eigenvalue weighted by molar-refractivity contribution is 6.13. The van der Waals surface area contributed by atoms with E-state index in [0.29, 0.717) is 35.0 Å². The Morgan fingerprint density at radius 1 is 0.886 bits per heavy atom. The molecular weight excluding hydrogens is 455 g/mol. The SMILES string of the molecule is CN1c2ccccc2C(=O)N(Cc2ccccc2)c2cnc(Nc3ccc(C(F)(F)F)cc3)nc21. The molecule has 1 aliphatic rings. The van der Waals surface area contributed by atoms with Crippen molar-refractivity contribution in [3.63, 3.8) is 0 Å². The van der Waals surface area contributed by atoms with Gasteiger partial charge in [0.2, 0.25) is 5.95 Å². The van der Waals surface area contributed by atoms with E-state index in [1.807, 2.05) is 60.5 Å². The molecule has 1 N–H and O–H groups in total. The Morgan fingerprint density at radius 2 is 1.57 bits per heavy atom. The predicted molar refractivity (Wildman–Crippen MR) is 128 cm³/mol. The van der Waals surface area contributed by atoms with Crippen LogP contribution in [0.2, 0.25) is 0 Å². The van der Waals surface area contributed by atoms with Gasteiger partial charge in [0.15, 0.2) is 5.82 Å². The number of anilines is 5. The molecule has 0 aliphatic carbocycles. The molecule has 0 atom stereocenters. The number of alkyl halides is 3. The zero-order valence-electron chi connectivity index (χ0n) is 18.6. The number of amides is 1. The van der Waals surface area contributed by atoms with Crippen molar-refractivity contribution in [1.29, 1.82) is 0 Å². The van der Waals surface area contributed by atoms with Gasteiger partial charge >= 0.3 is 6.18 Å². The van der Waals surface area contributed by atoms with Crippen molar-refractivity contribution < 1.29 is 18.0 Å². The number of hydrogen-bond donors (Lipinski definition) is 1. The fourth-order valence-corrected chi connectivity index (χ4v) is 3.97. The Morgan fingerprint density at radius 3 is 2.29 bits per heavy atom. The number of halogens is 3. The van der Waals surface area contributed by atoms with Gasteiger partial charge in [-0.2, -0.15) is 18.2 Å². The summed E-state index contributed by atoms with van der Waals surface area (Å²) in [5, 5.41) is 2.95. The van der Waals surface area contributed by atoms with E-state index in [4.69, 9.17) is 0 Å². The largest absolute Gasteiger partial charge is 0.416 e. The smallest absolute Gasteiger partial charge is 0.327 e. The zero-order chi connectivity index (χ0) is 24.6. The number of hydrogen-bond acceptors (Lipinski definition) is 5. The molecule has 3 aromatic carbocycles. The zero-order valence-corrected chi connectivity index (χ0v) is 18.6. The first-order chi connectivity index (χ1) is 16.8. The minimum Gasteiger partial charge on any atom is -0.327 e. The van der Waals surface area contributed by atoms with Crippen LogP contribution in [0.15, 0.2) is 85.1 Å². The molecule has 9 heteroatoms. The molecule has 0 spiro atoms. The summed E-state index contributed by atoms with van der Waals surface area (Å²) in [5.41, 5.74) is 2.36. The van der Waals surface area contributed by atoms with Crippen LogP contribution in [0.25, 0.3) is 0 Å². The first kappa shape index (κ1) is 22.4. The molecule has 6 nitrogen and oxygen atoms in total. The van der Waals surface area contributed by atoms with Crippen LogP contribution in [0.3, 0.4) is 0 Å². The van der Waals surface area contributed by atoms with Gasteiger partial charge in [-0.25, -0.2) is 4.98 Å². The van der Waals surface area contributed by atoms with E-state index in [-0.39, 0.29) is 11.9 Å². The van der Waals surface area contributed by atoms with Gasteiger partial charge in [0, 0.05) is 12.7 Å². The fourth-order valence-electron chi connectivity index (χ4n) is 3.97. The van der Waals surface area contributed by atoms with E-state index >= 15 is 0 Å². The molecule has 5 rings (SSSR count). The Kier molecular flexibility index (Phi) is 5.60. The topological polar surface area (TPSA) is 61.4 Å². The molecule has 0 saturated heterocycles. The highest BCUT2D eigenvalue weighted by Crippen LogP contribution is 2.39. The molecule has 1 aromatic heterocycles. The maximum Gasteiger partial charge on any atom is 0.416 e. The van der Waals surface area contributed by atoms with E-state index in [1.165, 1.54) is 12.1 Å². The van der Waals surface area contributed by atoms with Crippen LogP contribution in [0.5, 0.6) is 0 Å². The number of aromatic nitrogens is 2. The molecule has 0 fully saturated rings. The van der Waals surface area contributed by atoms with Crippen LogP contribution in [-0.4, -0.2) is 22.9 Å². The number of nitrogens with one attached hydrogen (secondary N) is 1. The first-order valence-electron chi connectivity index (χ1n) is 10.8. The van der Waals surface area contributed by atoms with Gasteiger partial charge in [0.05, 0.1) is 29.6 Å². The lowest BCUT2D eigenvalue weighted by molar-refractivity contribution is -0.137. The second-order valence-corrected chi connectivity index (χ2v) is 8.06. The Labute approximate surface area is 199 Å². The fraction of sp³-hybridized carbons (Fsp3) is 0.115. The lowest BCUT2D eigenvalue weighted by Crippen LogP contribution is -2.30. The van der Waals surface area contributed by atoms with Crippen molar-refractivity contribution in [2.75, 3.05) is 22.2 Å². The van der Waals surface area contributed by atoms with Crippen LogP contribution >= 0.6 is 0 Å².